The zero-order chi connectivity index (χ0) is 30.8. The van der Waals surface area contributed by atoms with Gasteiger partial charge < -0.3 is 14.2 Å². The van der Waals surface area contributed by atoms with E-state index in [0.29, 0.717) is 52.2 Å². The van der Waals surface area contributed by atoms with E-state index in [1.54, 1.807) is 55.9 Å². The van der Waals surface area contributed by atoms with Crippen molar-refractivity contribution >= 4 is 62.5 Å². The first-order valence-corrected chi connectivity index (χ1v) is 15.7. The number of rotatable bonds is 8. The van der Waals surface area contributed by atoms with Crippen LogP contribution in [0.2, 0.25) is 10.0 Å². The molecule has 2 heterocycles. The van der Waals surface area contributed by atoms with Gasteiger partial charge in [0.1, 0.15) is 6.61 Å². The zero-order valence-electron chi connectivity index (χ0n) is 23.7. The summed E-state index contributed by atoms with van der Waals surface area (Å²) in [5.41, 5.74) is 3.93. The van der Waals surface area contributed by atoms with Crippen LogP contribution in [0, 0.1) is 6.92 Å². The molecule has 0 radical (unpaired) electrons. The smallest absolute Gasteiger partial charge is 0.338 e. The second kappa shape index (κ2) is 13.1. The van der Waals surface area contributed by atoms with E-state index in [2.05, 4.69) is 20.9 Å². The maximum atomic E-state index is 13.9. The van der Waals surface area contributed by atoms with Crippen molar-refractivity contribution in [3.05, 3.63) is 122 Å². The summed E-state index contributed by atoms with van der Waals surface area (Å²) in [5.74, 6) is 0.463. The van der Waals surface area contributed by atoms with E-state index in [-0.39, 0.29) is 18.8 Å². The number of thiazole rings is 1. The summed E-state index contributed by atoms with van der Waals surface area (Å²) in [4.78, 5) is 32.2. The maximum Gasteiger partial charge on any atom is 0.338 e. The van der Waals surface area contributed by atoms with Gasteiger partial charge >= 0.3 is 5.97 Å². The predicted octanol–water partition coefficient (Wildman–Crippen LogP) is 6.76. The molecule has 1 atom stereocenters. The maximum absolute atomic E-state index is 13.9. The highest BCUT2D eigenvalue weighted by molar-refractivity contribution is 9.10. The lowest BCUT2D eigenvalue weighted by molar-refractivity contribution is -0.139. The van der Waals surface area contributed by atoms with Crippen molar-refractivity contribution in [1.29, 1.82) is 0 Å². The van der Waals surface area contributed by atoms with Gasteiger partial charge in [-0.15, -0.1) is 0 Å². The van der Waals surface area contributed by atoms with Gasteiger partial charge in [-0.25, -0.2) is 9.79 Å². The zero-order valence-corrected chi connectivity index (χ0v) is 27.7. The Morgan fingerprint density at radius 1 is 1.12 bits per heavy atom. The summed E-state index contributed by atoms with van der Waals surface area (Å²) in [6.45, 7) is 5.91. The van der Waals surface area contributed by atoms with Crippen molar-refractivity contribution in [2.75, 3.05) is 13.7 Å². The SMILES string of the molecule is CCOC(=O)C1=C(C)N=c2s/c(=C\c3cc(Br)c(OCc4ccc(Cl)cc4Cl)c(OC)c3)c(=O)n2[C@@H]1c1ccc(C)cc1. The summed E-state index contributed by atoms with van der Waals surface area (Å²) < 4.78 is 19.7. The third-order valence-corrected chi connectivity index (χ3v) is 9.01. The second-order valence-corrected chi connectivity index (χ2v) is 12.5. The Bertz CT molecular complexity index is 1930. The van der Waals surface area contributed by atoms with Gasteiger partial charge in [-0.3, -0.25) is 9.36 Å². The van der Waals surface area contributed by atoms with Crippen LogP contribution in [-0.2, 0) is 16.1 Å². The van der Waals surface area contributed by atoms with E-state index < -0.39 is 12.0 Å². The number of hydrogen-bond donors (Lipinski definition) is 0. The Labute approximate surface area is 270 Å². The summed E-state index contributed by atoms with van der Waals surface area (Å²) in [6, 6.07) is 15.9. The van der Waals surface area contributed by atoms with Crippen LogP contribution in [0.3, 0.4) is 0 Å². The van der Waals surface area contributed by atoms with E-state index in [4.69, 9.17) is 37.4 Å². The highest BCUT2D eigenvalue weighted by Gasteiger charge is 2.33. The van der Waals surface area contributed by atoms with E-state index in [0.717, 1.165) is 16.7 Å². The highest BCUT2D eigenvalue weighted by Crippen LogP contribution is 2.38. The van der Waals surface area contributed by atoms with Gasteiger partial charge in [0.25, 0.3) is 5.56 Å². The van der Waals surface area contributed by atoms with Crippen LogP contribution in [0.1, 0.15) is 42.1 Å². The average molecular weight is 702 g/mol. The molecule has 1 aliphatic rings. The third kappa shape index (κ3) is 6.45. The molecular formula is C32H27BrCl2N2O5S. The fraction of sp³-hybridized carbons (Fsp3) is 0.219. The van der Waals surface area contributed by atoms with Gasteiger partial charge in [-0.05, 0) is 78.2 Å². The number of aryl methyl sites for hydroxylation is 1. The van der Waals surface area contributed by atoms with E-state index >= 15 is 0 Å². The number of carbonyl (C=O) groups excluding carboxylic acids is 1. The minimum atomic E-state index is -0.671. The van der Waals surface area contributed by atoms with Crippen LogP contribution in [0.4, 0.5) is 0 Å². The lowest BCUT2D eigenvalue weighted by Gasteiger charge is -2.24. The number of esters is 1. The molecule has 0 fully saturated rings. The lowest BCUT2D eigenvalue weighted by atomic mass is 9.95. The molecule has 0 N–H and O–H groups in total. The quantitative estimate of drug-likeness (QED) is 0.190. The molecular weight excluding hydrogens is 675 g/mol. The molecule has 43 heavy (non-hydrogen) atoms. The van der Waals surface area contributed by atoms with Crippen molar-refractivity contribution in [3.63, 3.8) is 0 Å². The Morgan fingerprint density at radius 3 is 2.53 bits per heavy atom. The number of ether oxygens (including phenoxy) is 3. The molecule has 1 aliphatic heterocycles. The Morgan fingerprint density at radius 2 is 1.86 bits per heavy atom. The summed E-state index contributed by atoms with van der Waals surface area (Å²) in [7, 11) is 1.54. The largest absolute Gasteiger partial charge is 0.493 e. The van der Waals surface area contributed by atoms with Gasteiger partial charge in [0.05, 0.1) is 40.0 Å². The van der Waals surface area contributed by atoms with Gasteiger partial charge in [-0.2, -0.15) is 0 Å². The van der Waals surface area contributed by atoms with Gasteiger partial charge in [0.2, 0.25) is 0 Å². The number of allylic oxidation sites excluding steroid dienone is 1. The van der Waals surface area contributed by atoms with Crippen molar-refractivity contribution in [1.82, 2.24) is 4.57 Å². The summed E-state index contributed by atoms with van der Waals surface area (Å²) >= 11 is 17.2. The minimum absolute atomic E-state index is 0.198. The van der Waals surface area contributed by atoms with Crippen LogP contribution in [0.15, 0.2) is 80.1 Å². The topological polar surface area (TPSA) is 79.1 Å². The summed E-state index contributed by atoms with van der Waals surface area (Å²) in [6.07, 6.45) is 1.77. The molecule has 4 aromatic rings. The first-order chi connectivity index (χ1) is 20.6. The molecule has 0 spiro atoms. The molecule has 0 aliphatic carbocycles. The highest BCUT2D eigenvalue weighted by atomic mass is 79.9. The van der Waals surface area contributed by atoms with Crippen molar-refractivity contribution in [3.8, 4) is 11.5 Å². The second-order valence-electron chi connectivity index (χ2n) is 9.77. The Balaban J connectivity index is 1.56. The molecule has 0 saturated carbocycles. The number of fused-ring (bicyclic) bond motifs is 1. The monoisotopic (exact) mass is 700 g/mol. The number of methoxy groups -OCH3 is 1. The fourth-order valence-electron chi connectivity index (χ4n) is 4.76. The van der Waals surface area contributed by atoms with E-state index in [1.807, 2.05) is 37.3 Å². The molecule has 0 bridgehead atoms. The molecule has 7 nitrogen and oxygen atoms in total. The van der Waals surface area contributed by atoms with Gasteiger partial charge in [-0.1, -0.05) is 70.4 Å². The molecule has 11 heteroatoms. The van der Waals surface area contributed by atoms with Gasteiger partial charge in [0.15, 0.2) is 16.3 Å². The molecule has 222 valence electrons. The predicted molar refractivity (Wildman–Crippen MR) is 173 cm³/mol. The van der Waals surface area contributed by atoms with Crippen LogP contribution in [0.25, 0.3) is 6.08 Å². The number of nitrogens with zero attached hydrogens (tertiary/aromatic N) is 2. The normalized spacial score (nSPS) is 14.8. The van der Waals surface area contributed by atoms with Crippen molar-refractivity contribution in [2.24, 2.45) is 4.99 Å². The van der Waals surface area contributed by atoms with Crippen molar-refractivity contribution < 1.29 is 19.0 Å². The van der Waals surface area contributed by atoms with E-state index in [9.17, 15) is 9.59 Å². The number of hydrogen-bond acceptors (Lipinski definition) is 7. The molecule has 3 aromatic carbocycles. The minimum Gasteiger partial charge on any atom is -0.493 e. The summed E-state index contributed by atoms with van der Waals surface area (Å²) in [5, 5.41) is 1.04. The van der Waals surface area contributed by atoms with Crippen LogP contribution in [-0.4, -0.2) is 24.3 Å². The number of halogens is 3. The first kappa shape index (κ1) is 31.1. The number of aromatic nitrogens is 1. The molecule has 0 saturated heterocycles. The number of benzene rings is 3. The molecule has 0 unspecified atom stereocenters. The lowest BCUT2D eigenvalue weighted by Crippen LogP contribution is -2.39. The first-order valence-electron chi connectivity index (χ1n) is 13.3. The standard InChI is InChI=1S/C32H27BrCl2N2O5S/c1-5-41-31(39)27-18(3)36-32-37(28(27)20-8-6-17(2)7-9-20)30(38)26(43-32)14-19-12-23(33)29(25(13-19)40-4)42-16-21-10-11-22(34)15-24(21)35/h6-15,28H,5,16H2,1-4H3/b26-14-/t28-/m1/s1. The van der Waals surface area contributed by atoms with Crippen LogP contribution >= 0.6 is 50.5 Å². The number of carbonyl (C=O) groups is 1. The average Bonchev–Trinajstić information content (AvgIpc) is 3.26. The van der Waals surface area contributed by atoms with Crippen LogP contribution in [0.5, 0.6) is 11.5 Å². The molecule has 0 amide bonds. The van der Waals surface area contributed by atoms with E-state index in [1.165, 1.54) is 11.3 Å². The van der Waals surface area contributed by atoms with Crippen molar-refractivity contribution in [2.45, 2.75) is 33.4 Å². The molecule has 1 aromatic heterocycles. The fourth-order valence-corrected chi connectivity index (χ4v) is 6.84. The molecule has 5 rings (SSSR count). The van der Waals surface area contributed by atoms with Gasteiger partial charge in [0, 0.05) is 15.6 Å². The Kier molecular flexibility index (Phi) is 9.46. The Hall–Kier alpha value is -3.37. The third-order valence-electron chi connectivity index (χ3n) is 6.85. The van der Waals surface area contributed by atoms with Crippen LogP contribution < -0.4 is 24.4 Å².